The summed E-state index contributed by atoms with van der Waals surface area (Å²) in [5.41, 5.74) is 2.89. The molecule has 2 aromatic rings. The summed E-state index contributed by atoms with van der Waals surface area (Å²) in [4.78, 5) is 0. The van der Waals surface area contributed by atoms with Crippen LogP contribution in [0.3, 0.4) is 0 Å². The molecule has 94 valence electrons. The largest absolute Gasteiger partial charge is 0.197 e. The minimum atomic E-state index is -0.485. The van der Waals surface area contributed by atoms with Gasteiger partial charge < -0.3 is 0 Å². The van der Waals surface area contributed by atoms with Crippen LogP contribution >= 0.6 is 0 Å². The zero-order valence-electron chi connectivity index (χ0n) is 11.3. The van der Waals surface area contributed by atoms with Crippen LogP contribution in [-0.2, 0) is 0 Å². The predicted molar refractivity (Wildman–Crippen MR) is 79.4 cm³/mol. The van der Waals surface area contributed by atoms with Crippen molar-refractivity contribution in [3.8, 4) is 6.07 Å². The molecule has 0 amide bonds. The standard InChI is InChI=1S/C18H17N/c1-18(2,14-19)13-17(15-9-5-3-6-10-15)16-11-7-4-8-12-16/h3-13H,1-2H3. The van der Waals surface area contributed by atoms with Gasteiger partial charge in [0.15, 0.2) is 0 Å². The molecule has 1 heteroatoms. The van der Waals surface area contributed by atoms with Crippen molar-refractivity contribution < 1.29 is 0 Å². The van der Waals surface area contributed by atoms with E-state index in [-0.39, 0.29) is 0 Å². The third-order valence-electron chi connectivity index (χ3n) is 2.96. The number of rotatable bonds is 3. The number of hydrogen-bond acceptors (Lipinski definition) is 1. The Bertz CT molecular complexity index is 560. The molecule has 0 heterocycles. The number of nitriles is 1. The second-order valence-corrected chi connectivity index (χ2v) is 5.12. The summed E-state index contributed by atoms with van der Waals surface area (Å²) in [5, 5.41) is 9.24. The molecule has 0 saturated carbocycles. The minimum Gasteiger partial charge on any atom is -0.197 e. The lowest BCUT2D eigenvalue weighted by Gasteiger charge is -2.15. The van der Waals surface area contributed by atoms with Crippen molar-refractivity contribution >= 4 is 5.57 Å². The molecule has 0 saturated heterocycles. The van der Waals surface area contributed by atoms with Crippen molar-refractivity contribution in [3.63, 3.8) is 0 Å². The van der Waals surface area contributed by atoms with E-state index < -0.39 is 5.41 Å². The molecule has 0 aliphatic rings. The molecule has 0 unspecified atom stereocenters. The lowest BCUT2D eigenvalue weighted by Crippen LogP contribution is -2.05. The Hall–Kier alpha value is -2.33. The Balaban J connectivity index is 2.56. The maximum absolute atomic E-state index is 9.24. The third-order valence-corrected chi connectivity index (χ3v) is 2.96. The molecule has 0 aliphatic carbocycles. The van der Waals surface area contributed by atoms with E-state index in [0.717, 1.165) is 16.7 Å². The fraction of sp³-hybridized carbons (Fsp3) is 0.167. The maximum Gasteiger partial charge on any atom is 0.0726 e. The van der Waals surface area contributed by atoms with Crippen LogP contribution in [0.4, 0.5) is 0 Å². The Kier molecular flexibility index (Phi) is 3.82. The van der Waals surface area contributed by atoms with Gasteiger partial charge >= 0.3 is 0 Å². The highest BCUT2D eigenvalue weighted by atomic mass is 14.3. The maximum atomic E-state index is 9.24. The van der Waals surface area contributed by atoms with Gasteiger partial charge in [0.2, 0.25) is 0 Å². The number of benzene rings is 2. The second kappa shape index (κ2) is 5.54. The van der Waals surface area contributed by atoms with Crippen LogP contribution < -0.4 is 0 Å². The van der Waals surface area contributed by atoms with E-state index in [1.165, 1.54) is 0 Å². The number of nitrogens with zero attached hydrogens (tertiary/aromatic N) is 1. The molecule has 0 radical (unpaired) electrons. The Morgan fingerprint density at radius 1 is 0.895 bits per heavy atom. The molecule has 0 atom stereocenters. The van der Waals surface area contributed by atoms with Crippen LogP contribution in [0.25, 0.3) is 5.57 Å². The molecule has 0 aliphatic heterocycles. The molecule has 0 spiro atoms. The van der Waals surface area contributed by atoms with Crippen LogP contribution in [0.1, 0.15) is 25.0 Å². The van der Waals surface area contributed by atoms with E-state index >= 15 is 0 Å². The van der Waals surface area contributed by atoms with E-state index in [1.54, 1.807) is 0 Å². The van der Waals surface area contributed by atoms with Gasteiger partial charge in [-0.2, -0.15) is 5.26 Å². The second-order valence-electron chi connectivity index (χ2n) is 5.12. The first-order valence-corrected chi connectivity index (χ1v) is 6.37. The average Bonchev–Trinajstić information content (AvgIpc) is 2.47. The first-order valence-electron chi connectivity index (χ1n) is 6.37. The van der Waals surface area contributed by atoms with Gasteiger partial charge in [-0.3, -0.25) is 0 Å². The molecular weight excluding hydrogens is 230 g/mol. The highest BCUT2D eigenvalue weighted by molar-refractivity contribution is 5.80. The lowest BCUT2D eigenvalue weighted by molar-refractivity contribution is 0.646. The summed E-state index contributed by atoms with van der Waals surface area (Å²) in [5.74, 6) is 0. The molecule has 0 fully saturated rings. The van der Waals surface area contributed by atoms with Crippen molar-refractivity contribution in [2.75, 3.05) is 0 Å². The Labute approximate surface area is 114 Å². The Morgan fingerprint density at radius 3 is 1.68 bits per heavy atom. The molecule has 1 nitrogen and oxygen atoms in total. The van der Waals surface area contributed by atoms with E-state index in [0.29, 0.717) is 0 Å². The summed E-state index contributed by atoms with van der Waals surface area (Å²) in [6, 6.07) is 22.7. The van der Waals surface area contributed by atoms with Gasteiger partial charge in [-0.25, -0.2) is 0 Å². The smallest absolute Gasteiger partial charge is 0.0726 e. The van der Waals surface area contributed by atoms with Crippen LogP contribution in [0.15, 0.2) is 66.7 Å². The summed E-state index contributed by atoms with van der Waals surface area (Å²) in [6.45, 7) is 3.86. The Morgan fingerprint density at radius 2 is 1.32 bits per heavy atom. The molecule has 2 rings (SSSR count). The third kappa shape index (κ3) is 3.33. The highest BCUT2D eigenvalue weighted by Crippen LogP contribution is 2.29. The average molecular weight is 247 g/mol. The van der Waals surface area contributed by atoms with Gasteiger partial charge in [-0.1, -0.05) is 66.7 Å². The van der Waals surface area contributed by atoms with Gasteiger partial charge in [-0.05, 0) is 30.5 Å². The number of allylic oxidation sites excluding steroid dienone is 1. The van der Waals surface area contributed by atoms with Crippen molar-refractivity contribution in [3.05, 3.63) is 77.9 Å². The van der Waals surface area contributed by atoms with Crippen LogP contribution in [0.2, 0.25) is 0 Å². The van der Waals surface area contributed by atoms with Gasteiger partial charge in [0.25, 0.3) is 0 Å². The highest BCUT2D eigenvalue weighted by Gasteiger charge is 2.16. The molecule has 0 bridgehead atoms. The van der Waals surface area contributed by atoms with E-state index in [1.807, 2.05) is 56.3 Å². The fourth-order valence-corrected chi connectivity index (χ4v) is 1.96. The normalized spacial score (nSPS) is 10.6. The topological polar surface area (TPSA) is 23.8 Å². The quantitative estimate of drug-likeness (QED) is 0.773. The van der Waals surface area contributed by atoms with Crippen molar-refractivity contribution in [1.29, 1.82) is 5.26 Å². The zero-order chi connectivity index (χ0) is 13.7. The van der Waals surface area contributed by atoms with E-state index in [2.05, 4.69) is 30.3 Å². The molecule has 19 heavy (non-hydrogen) atoms. The van der Waals surface area contributed by atoms with E-state index in [4.69, 9.17) is 0 Å². The van der Waals surface area contributed by atoms with Gasteiger partial charge in [0.1, 0.15) is 0 Å². The van der Waals surface area contributed by atoms with Crippen molar-refractivity contribution in [1.82, 2.24) is 0 Å². The molecule has 0 N–H and O–H groups in total. The first kappa shape index (κ1) is 13.1. The monoisotopic (exact) mass is 247 g/mol. The van der Waals surface area contributed by atoms with Crippen LogP contribution in [0.5, 0.6) is 0 Å². The summed E-state index contributed by atoms with van der Waals surface area (Å²) < 4.78 is 0. The van der Waals surface area contributed by atoms with Crippen molar-refractivity contribution in [2.45, 2.75) is 13.8 Å². The van der Waals surface area contributed by atoms with Crippen molar-refractivity contribution in [2.24, 2.45) is 5.41 Å². The van der Waals surface area contributed by atoms with Gasteiger partial charge in [0, 0.05) is 0 Å². The molecular formula is C18H17N. The summed E-state index contributed by atoms with van der Waals surface area (Å²) in [6.07, 6.45) is 2.04. The molecule has 2 aromatic carbocycles. The SMILES string of the molecule is CC(C)(C#N)C=C(c1ccccc1)c1ccccc1. The minimum absolute atomic E-state index is 0.485. The van der Waals surface area contributed by atoms with Crippen LogP contribution in [-0.4, -0.2) is 0 Å². The van der Waals surface area contributed by atoms with Gasteiger partial charge in [0.05, 0.1) is 11.5 Å². The number of hydrogen-bond donors (Lipinski definition) is 0. The summed E-state index contributed by atoms with van der Waals surface area (Å²) >= 11 is 0. The van der Waals surface area contributed by atoms with Crippen LogP contribution in [0, 0.1) is 16.7 Å². The van der Waals surface area contributed by atoms with E-state index in [9.17, 15) is 5.26 Å². The van der Waals surface area contributed by atoms with Gasteiger partial charge in [-0.15, -0.1) is 0 Å². The summed E-state index contributed by atoms with van der Waals surface area (Å²) in [7, 11) is 0. The first-order chi connectivity index (χ1) is 9.12. The fourth-order valence-electron chi connectivity index (χ4n) is 1.96. The predicted octanol–water partition coefficient (Wildman–Crippen LogP) is 4.67. The zero-order valence-corrected chi connectivity index (χ0v) is 11.3. The lowest BCUT2D eigenvalue weighted by atomic mass is 9.87. The molecule has 0 aromatic heterocycles.